The fraction of sp³-hybridized carbons (Fsp3) is 0.750. The van der Waals surface area contributed by atoms with Crippen molar-refractivity contribution >= 4 is 0 Å². The first-order valence-electron chi connectivity index (χ1n) is 5.53. The summed E-state index contributed by atoms with van der Waals surface area (Å²) in [4.78, 5) is 0. The van der Waals surface area contributed by atoms with Gasteiger partial charge in [-0.25, -0.2) is 0 Å². The van der Waals surface area contributed by atoms with Gasteiger partial charge < -0.3 is 5.73 Å². The summed E-state index contributed by atoms with van der Waals surface area (Å²) in [5, 5.41) is 4.18. The van der Waals surface area contributed by atoms with Crippen molar-refractivity contribution in [3.05, 3.63) is 18.0 Å². The van der Waals surface area contributed by atoms with E-state index in [1.807, 2.05) is 24.0 Å². The van der Waals surface area contributed by atoms with Crippen LogP contribution in [-0.2, 0) is 7.05 Å². The minimum atomic E-state index is 0.0995. The number of nitrogens with zero attached hydrogens (tertiary/aromatic N) is 2. The van der Waals surface area contributed by atoms with Crippen LogP contribution < -0.4 is 5.73 Å². The molecule has 1 fully saturated rings. The normalized spacial score (nSPS) is 25.2. The SMILES string of the molecule is Cn1nccc1C(N)C1C(C)(C)C1(C)C. The lowest BCUT2D eigenvalue weighted by Gasteiger charge is -2.14. The Morgan fingerprint density at radius 3 is 2.20 bits per heavy atom. The Kier molecular flexibility index (Phi) is 2.03. The van der Waals surface area contributed by atoms with E-state index in [0.717, 1.165) is 5.69 Å². The highest BCUT2D eigenvalue weighted by atomic mass is 15.3. The monoisotopic (exact) mass is 207 g/mol. The van der Waals surface area contributed by atoms with Crippen LogP contribution in [0.15, 0.2) is 12.3 Å². The summed E-state index contributed by atoms with van der Waals surface area (Å²) in [6.45, 7) is 9.20. The van der Waals surface area contributed by atoms with Gasteiger partial charge in [0.05, 0.1) is 11.7 Å². The summed E-state index contributed by atoms with van der Waals surface area (Å²) in [6.07, 6.45) is 1.82. The summed E-state index contributed by atoms with van der Waals surface area (Å²) < 4.78 is 1.88. The van der Waals surface area contributed by atoms with Crippen LogP contribution in [0.3, 0.4) is 0 Å². The summed E-state index contributed by atoms with van der Waals surface area (Å²) in [5.74, 6) is 0.542. The molecule has 3 nitrogen and oxygen atoms in total. The maximum atomic E-state index is 6.34. The third-order valence-corrected chi connectivity index (χ3v) is 4.69. The Morgan fingerprint density at radius 2 is 1.87 bits per heavy atom. The van der Waals surface area contributed by atoms with Gasteiger partial charge >= 0.3 is 0 Å². The van der Waals surface area contributed by atoms with Gasteiger partial charge in [0.2, 0.25) is 0 Å². The summed E-state index contributed by atoms with van der Waals surface area (Å²) in [6, 6.07) is 2.12. The van der Waals surface area contributed by atoms with Crippen LogP contribution in [0, 0.1) is 16.7 Å². The summed E-state index contributed by atoms with van der Waals surface area (Å²) in [7, 11) is 1.96. The minimum Gasteiger partial charge on any atom is -0.322 e. The molecule has 1 atom stereocenters. The number of aromatic nitrogens is 2. The second-order valence-electron chi connectivity index (χ2n) is 5.83. The molecule has 1 aromatic heterocycles. The van der Waals surface area contributed by atoms with E-state index in [-0.39, 0.29) is 6.04 Å². The number of nitrogens with two attached hydrogens (primary N) is 1. The minimum absolute atomic E-state index is 0.0995. The Balaban J connectivity index is 2.26. The van der Waals surface area contributed by atoms with Crippen molar-refractivity contribution in [2.75, 3.05) is 0 Å². The van der Waals surface area contributed by atoms with Crippen molar-refractivity contribution in [2.24, 2.45) is 29.5 Å². The van der Waals surface area contributed by atoms with Crippen molar-refractivity contribution in [1.82, 2.24) is 9.78 Å². The van der Waals surface area contributed by atoms with Crippen LogP contribution in [0.1, 0.15) is 39.4 Å². The fourth-order valence-corrected chi connectivity index (χ4v) is 3.03. The van der Waals surface area contributed by atoms with Gasteiger partial charge in [0.25, 0.3) is 0 Å². The average molecular weight is 207 g/mol. The Morgan fingerprint density at radius 1 is 1.33 bits per heavy atom. The van der Waals surface area contributed by atoms with Crippen molar-refractivity contribution in [2.45, 2.75) is 33.7 Å². The van der Waals surface area contributed by atoms with E-state index in [4.69, 9.17) is 5.73 Å². The van der Waals surface area contributed by atoms with Gasteiger partial charge in [-0.3, -0.25) is 4.68 Å². The van der Waals surface area contributed by atoms with Gasteiger partial charge in [-0.05, 0) is 22.8 Å². The highest BCUT2D eigenvalue weighted by molar-refractivity contribution is 5.21. The molecule has 1 aliphatic carbocycles. The molecule has 0 aliphatic heterocycles. The molecule has 1 saturated carbocycles. The molecule has 0 radical (unpaired) electrons. The summed E-state index contributed by atoms with van der Waals surface area (Å²) >= 11 is 0. The predicted molar refractivity (Wildman–Crippen MR) is 61.2 cm³/mol. The highest BCUT2D eigenvalue weighted by Crippen LogP contribution is 2.71. The predicted octanol–water partition coefficient (Wildman–Crippen LogP) is 2.10. The fourth-order valence-electron chi connectivity index (χ4n) is 3.03. The molecule has 3 heteroatoms. The maximum absolute atomic E-state index is 6.34. The van der Waals surface area contributed by atoms with Gasteiger partial charge in [-0.1, -0.05) is 27.7 Å². The molecule has 1 unspecified atom stereocenters. The lowest BCUT2D eigenvalue weighted by atomic mass is 10.0. The van der Waals surface area contributed by atoms with Gasteiger partial charge in [0.15, 0.2) is 0 Å². The number of aryl methyl sites for hydroxylation is 1. The molecule has 2 N–H and O–H groups in total. The van der Waals surface area contributed by atoms with E-state index in [1.54, 1.807) is 0 Å². The van der Waals surface area contributed by atoms with E-state index in [2.05, 4.69) is 32.8 Å². The molecule has 2 rings (SSSR count). The zero-order valence-corrected chi connectivity index (χ0v) is 10.3. The smallest absolute Gasteiger partial charge is 0.0551 e. The van der Waals surface area contributed by atoms with E-state index in [9.17, 15) is 0 Å². The molecule has 15 heavy (non-hydrogen) atoms. The van der Waals surface area contributed by atoms with Gasteiger partial charge in [-0.2, -0.15) is 5.10 Å². The largest absolute Gasteiger partial charge is 0.322 e. The molecule has 0 spiro atoms. The second kappa shape index (κ2) is 2.85. The second-order valence-corrected chi connectivity index (χ2v) is 5.83. The maximum Gasteiger partial charge on any atom is 0.0551 e. The van der Waals surface area contributed by atoms with Crippen molar-refractivity contribution in [1.29, 1.82) is 0 Å². The number of rotatable bonds is 2. The van der Waals surface area contributed by atoms with E-state index in [1.165, 1.54) is 0 Å². The molecule has 1 heterocycles. The van der Waals surface area contributed by atoms with Gasteiger partial charge in [0, 0.05) is 13.2 Å². The van der Waals surface area contributed by atoms with Crippen LogP contribution in [-0.4, -0.2) is 9.78 Å². The standard InChI is InChI=1S/C12H21N3/c1-11(2)10(12(11,3)4)9(13)8-6-7-14-15(8)5/h6-7,9-10H,13H2,1-5H3. The molecule has 0 amide bonds. The van der Waals surface area contributed by atoms with E-state index < -0.39 is 0 Å². The quantitative estimate of drug-likeness (QED) is 0.807. The van der Waals surface area contributed by atoms with Crippen molar-refractivity contribution in [3.63, 3.8) is 0 Å². The zero-order valence-electron chi connectivity index (χ0n) is 10.3. The highest BCUT2D eigenvalue weighted by Gasteiger charge is 2.66. The Labute approximate surface area is 91.7 Å². The van der Waals surface area contributed by atoms with E-state index in [0.29, 0.717) is 16.7 Å². The third kappa shape index (κ3) is 1.26. The first-order valence-corrected chi connectivity index (χ1v) is 5.53. The topological polar surface area (TPSA) is 43.8 Å². The lowest BCUT2D eigenvalue weighted by molar-refractivity contribution is 0.457. The Bertz CT molecular complexity index is 362. The molecule has 0 saturated heterocycles. The molecule has 0 bridgehead atoms. The molecular weight excluding hydrogens is 186 g/mol. The first-order chi connectivity index (χ1) is 6.80. The van der Waals surface area contributed by atoms with Gasteiger partial charge in [0.1, 0.15) is 0 Å². The number of hydrogen-bond acceptors (Lipinski definition) is 2. The molecule has 1 aliphatic rings. The van der Waals surface area contributed by atoms with E-state index >= 15 is 0 Å². The van der Waals surface area contributed by atoms with Crippen LogP contribution in [0.4, 0.5) is 0 Å². The zero-order chi connectivity index (χ0) is 11.4. The van der Waals surface area contributed by atoms with Crippen molar-refractivity contribution < 1.29 is 0 Å². The third-order valence-electron chi connectivity index (χ3n) is 4.69. The molecule has 84 valence electrons. The van der Waals surface area contributed by atoms with Gasteiger partial charge in [-0.15, -0.1) is 0 Å². The van der Waals surface area contributed by atoms with Crippen LogP contribution in [0.5, 0.6) is 0 Å². The molecular formula is C12H21N3. The van der Waals surface area contributed by atoms with Crippen LogP contribution in [0.25, 0.3) is 0 Å². The average Bonchev–Trinajstić information content (AvgIpc) is 2.48. The Hall–Kier alpha value is -0.830. The molecule has 0 aromatic carbocycles. The first kappa shape index (κ1) is 10.7. The van der Waals surface area contributed by atoms with Crippen molar-refractivity contribution in [3.8, 4) is 0 Å². The summed E-state index contributed by atoms with van der Waals surface area (Å²) in [5.41, 5.74) is 8.13. The van der Waals surface area contributed by atoms with Crippen LogP contribution in [0.2, 0.25) is 0 Å². The lowest BCUT2D eigenvalue weighted by Crippen LogP contribution is -2.19. The molecule has 1 aromatic rings. The number of hydrogen-bond donors (Lipinski definition) is 1. The van der Waals surface area contributed by atoms with Crippen LogP contribution >= 0.6 is 0 Å².